The number of benzene rings is 1. The van der Waals surface area contributed by atoms with E-state index in [0.29, 0.717) is 18.4 Å². The fourth-order valence-electron chi connectivity index (χ4n) is 2.59. The predicted molar refractivity (Wildman–Crippen MR) is 74.1 cm³/mol. The van der Waals surface area contributed by atoms with Crippen LogP contribution in [0.3, 0.4) is 0 Å². The highest BCUT2D eigenvalue weighted by Gasteiger charge is 2.30. The van der Waals surface area contributed by atoms with Crippen molar-refractivity contribution >= 4 is 11.6 Å². The lowest BCUT2D eigenvalue weighted by atomic mass is 10.0. The van der Waals surface area contributed by atoms with E-state index in [0.717, 1.165) is 30.6 Å². The predicted octanol–water partition coefficient (Wildman–Crippen LogP) is 2.46. The maximum atomic E-state index is 12.2. The van der Waals surface area contributed by atoms with Crippen LogP contribution in [-0.4, -0.2) is 23.4 Å². The molecule has 3 heteroatoms. The van der Waals surface area contributed by atoms with Gasteiger partial charge in [-0.05, 0) is 37.3 Å². The summed E-state index contributed by atoms with van der Waals surface area (Å²) in [7, 11) is 0. The number of carbonyl (C=O) groups excluding carboxylic acids is 1. The molecule has 1 aliphatic heterocycles. The van der Waals surface area contributed by atoms with E-state index in [9.17, 15) is 4.79 Å². The van der Waals surface area contributed by atoms with E-state index in [2.05, 4.69) is 13.8 Å². The first-order valence-corrected chi connectivity index (χ1v) is 6.72. The van der Waals surface area contributed by atoms with E-state index in [-0.39, 0.29) is 5.91 Å². The number of nitrogen functional groups attached to an aromatic ring is 1. The quantitative estimate of drug-likeness (QED) is 0.833. The molecule has 0 spiro atoms. The van der Waals surface area contributed by atoms with Crippen molar-refractivity contribution in [2.45, 2.75) is 39.2 Å². The van der Waals surface area contributed by atoms with E-state index >= 15 is 0 Å². The third kappa shape index (κ3) is 2.66. The molecule has 1 amide bonds. The van der Waals surface area contributed by atoms with Gasteiger partial charge >= 0.3 is 0 Å². The molecule has 0 saturated carbocycles. The number of hydrogen-bond donors (Lipinski definition) is 1. The number of aryl methyl sites for hydroxylation is 1. The van der Waals surface area contributed by atoms with Crippen molar-refractivity contribution in [2.24, 2.45) is 5.92 Å². The Hall–Kier alpha value is -1.51. The Bertz CT molecular complexity index is 430. The van der Waals surface area contributed by atoms with Crippen molar-refractivity contribution in [1.82, 2.24) is 4.90 Å². The highest BCUT2D eigenvalue weighted by molar-refractivity contribution is 5.77. The molecule has 0 bridgehead atoms. The minimum atomic E-state index is 0.259. The summed E-state index contributed by atoms with van der Waals surface area (Å²) in [6, 6.07) is 8.16. The lowest BCUT2D eigenvalue weighted by Crippen LogP contribution is -2.35. The van der Waals surface area contributed by atoms with Crippen LogP contribution >= 0.6 is 0 Å². The molecule has 1 aromatic carbocycles. The summed E-state index contributed by atoms with van der Waals surface area (Å²) >= 11 is 0. The van der Waals surface area contributed by atoms with Gasteiger partial charge < -0.3 is 10.6 Å². The minimum absolute atomic E-state index is 0.259. The topological polar surface area (TPSA) is 46.3 Å². The largest absolute Gasteiger partial charge is 0.399 e. The van der Waals surface area contributed by atoms with Gasteiger partial charge in [0.25, 0.3) is 0 Å². The zero-order valence-corrected chi connectivity index (χ0v) is 11.2. The summed E-state index contributed by atoms with van der Waals surface area (Å²) in [5.74, 6) is 0.880. The number of para-hydroxylation sites is 1. The van der Waals surface area contributed by atoms with Crippen molar-refractivity contribution in [3.05, 3.63) is 29.8 Å². The van der Waals surface area contributed by atoms with Crippen molar-refractivity contribution < 1.29 is 4.79 Å². The van der Waals surface area contributed by atoms with E-state index in [1.54, 1.807) is 0 Å². The van der Waals surface area contributed by atoms with Gasteiger partial charge in [0.15, 0.2) is 0 Å². The Kier molecular flexibility index (Phi) is 3.90. The highest BCUT2D eigenvalue weighted by atomic mass is 16.2. The molecule has 2 rings (SSSR count). The van der Waals surface area contributed by atoms with Gasteiger partial charge in [0, 0.05) is 24.7 Å². The number of nitrogens with zero attached hydrogens (tertiary/aromatic N) is 1. The van der Waals surface area contributed by atoms with Crippen LogP contribution in [0, 0.1) is 5.92 Å². The van der Waals surface area contributed by atoms with Crippen molar-refractivity contribution in [3.63, 3.8) is 0 Å². The van der Waals surface area contributed by atoms with Gasteiger partial charge in [0.2, 0.25) is 5.91 Å². The molecule has 1 saturated heterocycles. The summed E-state index contributed by atoms with van der Waals surface area (Å²) in [4.78, 5) is 14.2. The molecule has 2 N–H and O–H groups in total. The average Bonchev–Trinajstić information content (AvgIpc) is 2.69. The zero-order chi connectivity index (χ0) is 13.1. The van der Waals surface area contributed by atoms with Crippen LogP contribution < -0.4 is 5.73 Å². The summed E-state index contributed by atoms with van der Waals surface area (Å²) in [5, 5.41) is 0. The van der Waals surface area contributed by atoms with Crippen LogP contribution in [-0.2, 0) is 11.2 Å². The van der Waals surface area contributed by atoms with Crippen molar-refractivity contribution in [3.8, 4) is 0 Å². The average molecular weight is 246 g/mol. The van der Waals surface area contributed by atoms with Crippen LogP contribution in [0.15, 0.2) is 24.3 Å². The van der Waals surface area contributed by atoms with Gasteiger partial charge in [0.05, 0.1) is 0 Å². The number of nitrogens with two attached hydrogens (primary N) is 1. The SMILES string of the molecule is CC1CCN(C(=O)CCc2ccccc2N)C1C. The Morgan fingerprint density at radius 3 is 2.72 bits per heavy atom. The van der Waals surface area contributed by atoms with Crippen LogP contribution in [0.4, 0.5) is 5.69 Å². The normalized spacial score (nSPS) is 23.3. The molecule has 2 atom stereocenters. The number of carbonyl (C=O) groups is 1. The second-order valence-electron chi connectivity index (χ2n) is 5.29. The first-order chi connectivity index (χ1) is 8.59. The van der Waals surface area contributed by atoms with Crippen LogP contribution in [0.25, 0.3) is 0 Å². The molecule has 1 aliphatic rings. The first kappa shape index (κ1) is 12.9. The van der Waals surface area contributed by atoms with Gasteiger partial charge in [-0.1, -0.05) is 25.1 Å². The van der Waals surface area contributed by atoms with E-state index in [1.165, 1.54) is 0 Å². The summed E-state index contributed by atoms with van der Waals surface area (Å²) in [6.07, 6.45) is 2.43. The molecule has 1 aromatic rings. The third-order valence-electron chi connectivity index (χ3n) is 4.12. The molecular weight excluding hydrogens is 224 g/mol. The molecular formula is C15H22N2O. The van der Waals surface area contributed by atoms with Crippen molar-refractivity contribution in [1.29, 1.82) is 0 Å². The smallest absolute Gasteiger partial charge is 0.223 e. The second kappa shape index (κ2) is 5.42. The number of amides is 1. The fourth-order valence-corrected chi connectivity index (χ4v) is 2.59. The number of rotatable bonds is 3. The van der Waals surface area contributed by atoms with E-state index in [4.69, 9.17) is 5.73 Å². The fraction of sp³-hybridized carbons (Fsp3) is 0.533. The molecule has 98 valence electrons. The standard InChI is InChI=1S/C15H22N2O/c1-11-9-10-17(12(11)2)15(18)8-7-13-5-3-4-6-14(13)16/h3-6,11-12H,7-10,16H2,1-2H3. The minimum Gasteiger partial charge on any atom is -0.399 e. The van der Waals surface area contributed by atoms with Crippen molar-refractivity contribution in [2.75, 3.05) is 12.3 Å². The maximum Gasteiger partial charge on any atom is 0.223 e. The molecule has 18 heavy (non-hydrogen) atoms. The maximum absolute atomic E-state index is 12.2. The van der Waals surface area contributed by atoms with Gasteiger partial charge in [-0.15, -0.1) is 0 Å². The van der Waals surface area contributed by atoms with Gasteiger partial charge in [-0.25, -0.2) is 0 Å². The molecule has 1 heterocycles. The Balaban J connectivity index is 1.91. The van der Waals surface area contributed by atoms with Crippen LogP contribution in [0.1, 0.15) is 32.3 Å². The van der Waals surface area contributed by atoms with Gasteiger partial charge in [-0.2, -0.15) is 0 Å². The number of hydrogen-bond acceptors (Lipinski definition) is 2. The Morgan fingerprint density at radius 2 is 2.11 bits per heavy atom. The molecule has 0 radical (unpaired) electrons. The zero-order valence-electron chi connectivity index (χ0n) is 11.2. The lowest BCUT2D eigenvalue weighted by molar-refractivity contribution is -0.131. The Morgan fingerprint density at radius 1 is 1.39 bits per heavy atom. The molecule has 2 unspecified atom stereocenters. The van der Waals surface area contributed by atoms with E-state index in [1.807, 2.05) is 29.2 Å². The highest BCUT2D eigenvalue weighted by Crippen LogP contribution is 2.24. The molecule has 0 aromatic heterocycles. The summed E-state index contributed by atoms with van der Waals surface area (Å²) in [6.45, 7) is 5.27. The second-order valence-corrected chi connectivity index (χ2v) is 5.29. The monoisotopic (exact) mass is 246 g/mol. The van der Waals surface area contributed by atoms with Crippen LogP contribution in [0.5, 0.6) is 0 Å². The molecule has 3 nitrogen and oxygen atoms in total. The summed E-state index contributed by atoms with van der Waals surface area (Å²) in [5.41, 5.74) is 7.74. The van der Waals surface area contributed by atoms with E-state index < -0.39 is 0 Å². The number of likely N-dealkylation sites (tertiary alicyclic amines) is 1. The first-order valence-electron chi connectivity index (χ1n) is 6.72. The lowest BCUT2D eigenvalue weighted by Gasteiger charge is -2.23. The Labute approximate surface area is 109 Å². The van der Waals surface area contributed by atoms with Gasteiger partial charge in [0.1, 0.15) is 0 Å². The summed E-state index contributed by atoms with van der Waals surface area (Å²) < 4.78 is 0. The third-order valence-corrected chi connectivity index (χ3v) is 4.12. The number of anilines is 1. The van der Waals surface area contributed by atoms with Gasteiger partial charge in [-0.3, -0.25) is 4.79 Å². The molecule has 1 fully saturated rings. The van der Waals surface area contributed by atoms with Crippen LogP contribution in [0.2, 0.25) is 0 Å². The molecule has 0 aliphatic carbocycles.